The topological polar surface area (TPSA) is 185 Å². The molecule has 1 spiro atoms. The van der Waals surface area contributed by atoms with Crippen molar-refractivity contribution in [2.45, 2.75) is 68.6 Å². The summed E-state index contributed by atoms with van der Waals surface area (Å²) in [7, 11) is 4.67. The number of carbonyl (C=O) groups is 3. The maximum absolute atomic E-state index is 16.3. The molecule has 7 aliphatic heterocycles. The van der Waals surface area contributed by atoms with E-state index < -0.39 is 64.1 Å². The molecule has 0 aliphatic carbocycles. The summed E-state index contributed by atoms with van der Waals surface area (Å²) in [5.41, 5.74) is 2.87. The van der Waals surface area contributed by atoms with Crippen molar-refractivity contribution >= 4 is 29.6 Å². The lowest BCUT2D eigenvalue weighted by molar-refractivity contribution is -0.876. The SMILES string of the molecule is COc1cc2c(cc1O)CCN[C@]21CS[C@@H]2c3c(OC(C)=O)c(C)c4c(c3[C@H](COC1=O)[N+]1([O-])C(=O)C3Cc5cc(C)c(OC)c(O)c5[C@H]([C@H]21)N3C)OCO4. The molecule has 2 saturated heterocycles. The third kappa shape index (κ3) is 4.68. The maximum Gasteiger partial charge on any atom is 0.332 e. The molecule has 7 heterocycles. The van der Waals surface area contributed by atoms with Crippen molar-refractivity contribution in [1.82, 2.24) is 10.2 Å². The second-order valence-corrected chi connectivity index (χ2v) is 16.2. The van der Waals surface area contributed by atoms with Gasteiger partial charge in [0.15, 0.2) is 46.1 Å². The molecule has 7 atom stereocenters. The van der Waals surface area contributed by atoms with E-state index in [0.717, 1.165) is 11.1 Å². The van der Waals surface area contributed by atoms with Crippen molar-refractivity contribution in [3.63, 3.8) is 0 Å². The Morgan fingerprint density at radius 2 is 1.80 bits per heavy atom. The number of quaternary nitrogens is 1. The first-order chi connectivity index (χ1) is 26.3. The van der Waals surface area contributed by atoms with Crippen LogP contribution in [0.4, 0.5) is 0 Å². The summed E-state index contributed by atoms with van der Waals surface area (Å²) in [6.07, 6.45) is 0.665. The van der Waals surface area contributed by atoms with Crippen LogP contribution in [-0.4, -0.2) is 96.7 Å². The number of aryl methyl sites for hydroxylation is 1. The average Bonchev–Trinajstić information content (AvgIpc) is 3.64. The van der Waals surface area contributed by atoms with Crippen LogP contribution in [0, 0.1) is 19.1 Å². The van der Waals surface area contributed by atoms with E-state index in [9.17, 15) is 19.8 Å². The van der Waals surface area contributed by atoms with Crippen molar-refractivity contribution in [2.75, 3.05) is 47.0 Å². The molecule has 7 aliphatic rings. The minimum absolute atomic E-state index is 0.0187. The van der Waals surface area contributed by atoms with Gasteiger partial charge < -0.3 is 43.8 Å². The molecule has 2 fully saturated rings. The van der Waals surface area contributed by atoms with Crippen LogP contribution in [0.15, 0.2) is 18.2 Å². The third-order valence-corrected chi connectivity index (χ3v) is 13.9. The summed E-state index contributed by atoms with van der Waals surface area (Å²) in [6.45, 7) is 4.48. The molecular weight excluding hydrogens is 735 g/mol. The monoisotopic (exact) mass is 775 g/mol. The highest BCUT2D eigenvalue weighted by Crippen LogP contribution is 2.66. The number of likely N-dealkylation sites (N-methyl/N-ethyl adjacent to an activating group) is 1. The Hall–Kier alpha value is -4.74. The molecule has 0 radical (unpaired) electrons. The molecule has 3 aromatic rings. The molecule has 1 amide bonds. The molecule has 10 rings (SSSR count). The molecular formula is C39H41N3O12S. The van der Waals surface area contributed by atoms with E-state index in [4.69, 9.17) is 28.4 Å². The fourth-order valence-corrected chi connectivity index (χ4v) is 11.8. The molecule has 3 N–H and O–H groups in total. The van der Waals surface area contributed by atoms with Gasteiger partial charge in [-0.2, -0.15) is 0 Å². The van der Waals surface area contributed by atoms with Gasteiger partial charge in [0.05, 0.1) is 31.1 Å². The lowest BCUT2D eigenvalue weighted by Crippen LogP contribution is -2.75. The molecule has 15 nitrogen and oxygen atoms in total. The number of esters is 2. The van der Waals surface area contributed by atoms with E-state index in [2.05, 4.69) is 5.32 Å². The molecule has 4 bridgehead atoms. The highest BCUT2D eigenvalue weighted by molar-refractivity contribution is 7.99. The van der Waals surface area contributed by atoms with E-state index in [0.29, 0.717) is 40.8 Å². The number of methoxy groups -OCH3 is 2. The lowest BCUT2D eigenvalue weighted by Gasteiger charge is -2.65. The number of benzene rings is 3. The first kappa shape index (κ1) is 35.9. The normalized spacial score (nSPS) is 30.1. The van der Waals surface area contributed by atoms with E-state index in [1.165, 1.54) is 32.9 Å². The number of hydrogen-bond acceptors (Lipinski definition) is 15. The first-order valence-electron chi connectivity index (χ1n) is 18.1. The van der Waals surface area contributed by atoms with Gasteiger partial charge in [-0.25, -0.2) is 9.59 Å². The number of fused-ring (bicyclic) bond motifs is 9. The van der Waals surface area contributed by atoms with Gasteiger partial charge >= 0.3 is 17.8 Å². The van der Waals surface area contributed by atoms with Gasteiger partial charge in [-0.3, -0.25) is 19.7 Å². The zero-order valence-corrected chi connectivity index (χ0v) is 32.0. The van der Waals surface area contributed by atoms with E-state index in [1.54, 1.807) is 26.1 Å². The number of carbonyl (C=O) groups excluding carboxylic acids is 3. The number of aromatic hydroxyl groups is 2. The van der Waals surface area contributed by atoms with Crippen LogP contribution in [0.2, 0.25) is 0 Å². The van der Waals surface area contributed by atoms with E-state index >= 15 is 10.0 Å². The smallest absolute Gasteiger partial charge is 0.332 e. The van der Waals surface area contributed by atoms with Crippen molar-refractivity contribution < 1.29 is 57.7 Å². The van der Waals surface area contributed by atoms with Crippen LogP contribution < -0.4 is 29.0 Å². The van der Waals surface area contributed by atoms with Crippen LogP contribution in [0.5, 0.6) is 40.2 Å². The van der Waals surface area contributed by atoms with Gasteiger partial charge in [-0.05, 0) is 61.7 Å². The Bertz CT molecular complexity index is 2230. The zero-order valence-electron chi connectivity index (χ0n) is 31.1. The number of thioether (sulfide) groups is 1. The van der Waals surface area contributed by atoms with E-state index in [-0.39, 0.29) is 64.8 Å². The minimum atomic E-state index is -1.48. The van der Waals surface area contributed by atoms with Crippen LogP contribution >= 0.6 is 11.8 Å². The van der Waals surface area contributed by atoms with Gasteiger partial charge in [0.2, 0.25) is 6.79 Å². The predicted octanol–water partition coefficient (Wildman–Crippen LogP) is 3.63. The second-order valence-electron chi connectivity index (χ2n) is 15.1. The number of nitrogens with zero attached hydrogens (tertiary/aromatic N) is 2. The van der Waals surface area contributed by atoms with Gasteiger partial charge in [-0.1, -0.05) is 6.07 Å². The lowest BCUT2D eigenvalue weighted by atomic mass is 9.72. The average molecular weight is 776 g/mol. The van der Waals surface area contributed by atoms with Crippen LogP contribution in [0.1, 0.15) is 68.8 Å². The van der Waals surface area contributed by atoms with Gasteiger partial charge in [-0.15, -0.1) is 11.8 Å². The minimum Gasteiger partial charge on any atom is -0.624 e. The van der Waals surface area contributed by atoms with Crippen molar-refractivity contribution in [3.8, 4) is 40.2 Å². The number of amides is 1. The number of ether oxygens (including phenoxy) is 6. The summed E-state index contributed by atoms with van der Waals surface area (Å²) in [5, 5.41) is 41.5. The summed E-state index contributed by atoms with van der Waals surface area (Å²) in [5.74, 6) is -1.01. The fraction of sp³-hybridized carbons (Fsp3) is 0.462. The maximum atomic E-state index is 16.3. The van der Waals surface area contributed by atoms with E-state index in [1.807, 2.05) is 17.9 Å². The Balaban J connectivity index is 1.35. The highest BCUT2D eigenvalue weighted by Gasteiger charge is 2.68. The summed E-state index contributed by atoms with van der Waals surface area (Å²) in [4.78, 5) is 44.5. The summed E-state index contributed by atoms with van der Waals surface area (Å²) >= 11 is 1.25. The largest absolute Gasteiger partial charge is 0.624 e. The Morgan fingerprint density at radius 1 is 1.04 bits per heavy atom. The van der Waals surface area contributed by atoms with Crippen LogP contribution in [-0.2, 0) is 37.5 Å². The fourth-order valence-electron chi connectivity index (χ4n) is 10.0. The van der Waals surface area contributed by atoms with Crippen LogP contribution in [0.25, 0.3) is 0 Å². The molecule has 290 valence electrons. The number of rotatable bonds is 3. The number of nitrogens with one attached hydrogen (secondary N) is 1. The molecule has 2 unspecified atom stereocenters. The first-order valence-corrected chi connectivity index (χ1v) is 19.2. The number of phenolic OH excluding ortho intramolecular Hbond substituents is 2. The third-order valence-electron chi connectivity index (χ3n) is 12.4. The Morgan fingerprint density at radius 3 is 2.53 bits per heavy atom. The standard InChI is InChI=1S/C39H41N3O12S/c1-16-9-20-10-22-37(46)42(48)23-13-51-38(47)39(21-12-25(49-5)24(44)11-19(21)7-8-40-39)14-55-36(30(42)29(41(22)4)26(20)31(45)32(16)50-6)28-27(23)35-34(52-15-53-35)17(2)33(28)54-18(3)43/h9,11-12,22-23,29-30,36,40,44-45H,7-8,10,13-15H2,1-6H3/t22?,23-,29+,30+,36+,39+,42?/m0/s1. The van der Waals surface area contributed by atoms with Crippen molar-refractivity contribution in [2.24, 2.45) is 0 Å². The number of hydroxylamine groups is 3. The quantitative estimate of drug-likeness (QED) is 0.152. The van der Waals surface area contributed by atoms with Gasteiger partial charge in [0.25, 0.3) is 0 Å². The van der Waals surface area contributed by atoms with Crippen molar-refractivity contribution in [1.29, 1.82) is 0 Å². The Kier molecular flexibility index (Phi) is 8.09. The Labute approximate surface area is 320 Å². The van der Waals surface area contributed by atoms with Gasteiger partial charge in [0, 0.05) is 42.3 Å². The van der Waals surface area contributed by atoms with Gasteiger partial charge in [0.1, 0.15) is 24.4 Å². The molecule has 3 aromatic carbocycles. The summed E-state index contributed by atoms with van der Waals surface area (Å²) < 4.78 is 34.0. The molecule has 16 heteroatoms. The number of piperazine rings is 1. The highest BCUT2D eigenvalue weighted by atomic mass is 32.2. The predicted molar refractivity (Wildman–Crippen MR) is 195 cm³/mol. The molecule has 0 aromatic heterocycles. The number of hydrogen-bond donors (Lipinski definition) is 3. The molecule has 55 heavy (non-hydrogen) atoms. The van der Waals surface area contributed by atoms with Crippen LogP contribution in [0.3, 0.4) is 0 Å². The second kappa shape index (κ2) is 12.4. The number of phenols is 2. The summed E-state index contributed by atoms with van der Waals surface area (Å²) in [6, 6.07) is 0.821. The zero-order chi connectivity index (χ0) is 38.9. The van der Waals surface area contributed by atoms with Crippen molar-refractivity contribution in [3.05, 3.63) is 67.9 Å². The molecule has 0 saturated carbocycles.